The van der Waals surface area contributed by atoms with Gasteiger partial charge in [-0.3, -0.25) is 0 Å². The topological polar surface area (TPSA) is 25.8 Å². The van der Waals surface area contributed by atoms with Crippen molar-refractivity contribution < 1.29 is 28.6 Å². The van der Waals surface area contributed by atoms with Gasteiger partial charge in [0.15, 0.2) is 0 Å². The van der Waals surface area contributed by atoms with E-state index in [1.54, 1.807) is 24.4 Å². The standard InChI is InChI=1S/C24H15FNS.C14H16NSi.Ir/c1-15-13-22(26-14-20(15)16-7-3-2-4-8-16)19-11-5-9-17-18-10-6-12-21(25)24(18)27-23(17)19;1-16(2,3)13-9-10-14(15-11-13)12-7-5-4-6-8-12;/h2-10,12-14H,1H3;4-7,9-11H,1-3H3;/q2*-1;/i1D3;;. The third-order valence-electron chi connectivity index (χ3n) is 7.27. The second kappa shape index (κ2) is 13.5. The van der Waals surface area contributed by atoms with Crippen molar-refractivity contribution in [1.29, 1.82) is 0 Å². The molecule has 6 heteroatoms. The first-order chi connectivity index (χ1) is 22.0. The quantitative estimate of drug-likeness (QED) is 0.131. The Kier molecular flexibility index (Phi) is 8.48. The third-order valence-corrected chi connectivity index (χ3v) is 10.5. The molecule has 7 aromatic rings. The fourth-order valence-electron chi connectivity index (χ4n) is 4.91. The van der Waals surface area contributed by atoms with Crippen molar-refractivity contribution in [1.82, 2.24) is 9.97 Å². The molecule has 0 atom stereocenters. The van der Waals surface area contributed by atoms with Gasteiger partial charge < -0.3 is 9.97 Å². The molecule has 0 aliphatic carbocycles. The number of hydrogen-bond acceptors (Lipinski definition) is 3. The van der Waals surface area contributed by atoms with Crippen LogP contribution < -0.4 is 5.19 Å². The summed E-state index contributed by atoms with van der Waals surface area (Å²) in [5.74, 6) is -0.268. The summed E-state index contributed by atoms with van der Waals surface area (Å²) < 4.78 is 39.9. The van der Waals surface area contributed by atoms with Crippen LogP contribution in [0.15, 0.2) is 116 Å². The molecule has 3 aromatic heterocycles. The van der Waals surface area contributed by atoms with Gasteiger partial charge in [-0.1, -0.05) is 85.7 Å². The van der Waals surface area contributed by atoms with Gasteiger partial charge >= 0.3 is 0 Å². The van der Waals surface area contributed by atoms with Crippen molar-refractivity contribution in [2.24, 2.45) is 0 Å². The van der Waals surface area contributed by atoms with E-state index in [0.717, 1.165) is 32.3 Å². The number of aryl methyl sites for hydroxylation is 1. The fraction of sp³-hybridized carbons (Fsp3) is 0.105. The number of nitrogens with zero attached hydrogens (tertiary/aromatic N) is 2. The Balaban J connectivity index is 0.000000217. The summed E-state index contributed by atoms with van der Waals surface area (Å²) in [5.41, 5.74) is 4.86. The van der Waals surface area contributed by atoms with Gasteiger partial charge in [0.2, 0.25) is 0 Å². The molecule has 2 nitrogen and oxygen atoms in total. The molecule has 0 unspecified atom stereocenters. The summed E-state index contributed by atoms with van der Waals surface area (Å²) in [6, 6.07) is 38.3. The minimum atomic E-state index is -2.30. The number of fused-ring (bicyclic) bond motifs is 3. The van der Waals surface area contributed by atoms with Crippen LogP contribution in [0.2, 0.25) is 19.6 Å². The van der Waals surface area contributed by atoms with E-state index in [-0.39, 0.29) is 31.5 Å². The predicted molar refractivity (Wildman–Crippen MR) is 183 cm³/mol. The Morgan fingerprint density at radius 1 is 0.750 bits per heavy atom. The smallest absolute Gasteiger partial charge is 0.140 e. The molecule has 0 bridgehead atoms. The monoisotopic (exact) mass is 790 g/mol. The molecule has 0 saturated heterocycles. The second-order valence-electron chi connectivity index (χ2n) is 11.3. The van der Waals surface area contributed by atoms with Crippen LogP contribution in [0.1, 0.15) is 9.68 Å². The Labute approximate surface area is 281 Å². The molecule has 0 fully saturated rings. The van der Waals surface area contributed by atoms with E-state index in [1.807, 2.05) is 72.9 Å². The third kappa shape index (κ3) is 6.64. The SMILES string of the molecule is C[Si](C)(C)c1ccc(-c2[c-]cccc2)nc1.[2H]C([2H])([2H])c1cc(-c2[c-]ccc3c2sc2c(F)cccc23)ncc1-c1ccccc1.[Ir]. The van der Waals surface area contributed by atoms with Gasteiger partial charge in [-0.05, 0) is 50.7 Å². The van der Waals surface area contributed by atoms with Crippen LogP contribution in [0, 0.1) is 24.8 Å². The summed E-state index contributed by atoms with van der Waals surface area (Å²) in [4.78, 5) is 9.09. The molecule has 4 aromatic carbocycles. The summed E-state index contributed by atoms with van der Waals surface area (Å²) >= 11 is 1.34. The predicted octanol–water partition coefficient (Wildman–Crippen LogP) is 10.1. The zero-order chi connectivity index (χ0) is 32.5. The van der Waals surface area contributed by atoms with Gasteiger partial charge in [0.25, 0.3) is 0 Å². The Bertz CT molecular complexity index is 2130. The zero-order valence-electron chi connectivity index (χ0n) is 27.5. The van der Waals surface area contributed by atoms with Gasteiger partial charge in [0.1, 0.15) is 5.82 Å². The van der Waals surface area contributed by atoms with Gasteiger partial charge in [-0.25, -0.2) is 4.39 Å². The minimum absolute atomic E-state index is 0. The van der Waals surface area contributed by atoms with E-state index < -0.39 is 14.9 Å². The largest absolute Gasteiger partial charge is 0.305 e. The number of pyridine rings is 2. The molecule has 0 amide bonds. The molecular formula is C38H31FIrN2SSi-2. The normalized spacial score (nSPS) is 12.4. The molecule has 44 heavy (non-hydrogen) atoms. The second-order valence-corrected chi connectivity index (χ2v) is 17.4. The number of halogens is 1. The Morgan fingerprint density at radius 3 is 2.23 bits per heavy atom. The molecule has 0 spiro atoms. The number of aromatic nitrogens is 2. The maximum absolute atomic E-state index is 14.3. The number of rotatable bonds is 4. The van der Waals surface area contributed by atoms with Crippen LogP contribution in [0.4, 0.5) is 4.39 Å². The molecule has 0 saturated carbocycles. The first-order valence-corrected chi connectivity index (χ1v) is 18.3. The maximum atomic E-state index is 14.3. The van der Waals surface area contributed by atoms with Crippen molar-refractivity contribution in [3.05, 3.63) is 139 Å². The summed E-state index contributed by atoms with van der Waals surface area (Å²) in [7, 11) is -1.23. The number of hydrogen-bond donors (Lipinski definition) is 0. The maximum Gasteiger partial charge on any atom is 0.140 e. The number of thiophene rings is 1. The molecular weight excluding hydrogens is 756 g/mol. The van der Waals surface area contributed by atoms with Crippen molar-refractivity contribution in [2.45, 2.75) is 26.5 Å². The van der Waals surface area contributed by atoms with Gasteiger partial charge in [-0.15, -0.1) is 59.7 Å². The molecule has 3 heterocycles. The Morgan fingerprint density at radius 2 is 1.52 bits per heavy atom. The van der Waals surface area contributed by atoms with Crippen molar-refractivity contribution >= 4 is 44.8 Å². The zero-order valence-corrected chi connectivity index (χ0v) is 28.7. The van der Waals surface area contributed by atoms with E-state index in [9.17, 15) is 4.39 Å². The molecule has 0 aliphatic rings. The molecule has 7 rings (SSSR count). The fourth-order valence-corrected chi connectivity index (χ4v) is 7.15. The van der Waals surface area contributed by atoms with E-state index >= 15 is 0 Å². The minimum Gasteiger partial charge on any atom is -0.305 e. The van der Waals surface area contributed by atoms with Crippen LogP contribution in [0.5, 0.6) is 0 Å². The van der Waals surface area contributed by atoms with Gasteiger partial charge in [0.05, 0.1) is 12.8 Å². The molecule has 221 valence electrons. The molecule has 0 aliphatic heterocycles. The summed E-state index contributed by atoms with van der Waals surface area (Å²) in [6.45, 7) is 4.69. The van der Waals surface area contributed by atoms with Crippen LogP contribution in [-0.4, -0.2) is 18.0 Å². The summed E-state index contributed by atoms with van der Waals surface area (Å²) in [5, 5.41) is 3.14. The van der Waals surface area contributed by atoms with E-state index in [4.69, 9.17) is 4.11 Å². The number of benzene rings is 4. The average molecular weight is 790 g/mol. The molecule has 1 radical (unpaired) electrons. The van der Waals surface area contributed by atoms with Gasteiger partial charge in [-0.2, -0.15) is 11.3 Å². The van der Waals surface area contributed by atoms with Crippen LogP contribution in [0.3, 0.4) is 0 Å². The Hall–Kier alpha value is -3.80. The van der Waals surface area contributed by atoms with E-state index in [2.05, 4.69) is 53.9 Å². The molecule has 0 N–H and O–H groups in total. The van der Waals surface area contributed by atoms with Crippen molar-refractivity contribution in [3.8, 4) is 33.6 Å². The van der Waals surface area contributed by atoms with E-state index in [0.29, 0.717) is 21.5 Å². The first-order valence-electron chi connectivity index (χ1n) is 15.5. The van der Waals surface area contributed by atoms with Crippen molar-refractivity contribution in [2.75, 3.05) is 0 Å². The summed E-state index contributed by atoms with van der Waals surface area (Å²) in [6.07, 6.45) is 3.62. The first kappa shape index (κ1) is 27.7. The van der Waals surface area contributed by atoms with Crippen LogP contribution in [0.25, 0.3) is 53.8 Å². The van der Waals surface area contributed by atoms with Crippen LogP contribution >= 0.6 is 11.3 Å². The van der Waals surface area contributed by atoms with Crippen LogP contribution in [-0.2, 0) is 20.1 Å². The van der Waals surface area contributed by atoms with E-state index in [1.165, 1.54) is 22.6 Å². The van der Waals surface area contributed by atoms with Gasteiger partial charge in [0, 0.05) is 42.2 Å². The van der Waals surface area contributed by atoms with Crippen molar-refractivity contribution in [3.63, 3.8) is 0 Å². The average Bonchev–Trinajstić information content (AvgIpc) is 3.45.